The number of rotatable bonds is 7. The molecule has 3 rings (SSSR count). The van der Waals surface area contributed by atoms with E-state index < -0.39 is 15.9 Å². The molecule has 31 heavy (non-hydrogen) atoms. The van der Waals surface area contributed by atoms with Crippen LogP contribution in [0.5, 0.6) is 5.75 Å². The molecule has 1 aromatic rings. The van der Waals surface area contributed by atoms with E-state index in [1.165, 1.54) is 30.0 Å². The summed E-state index contributed by atoms with van der Waals surface area (Å²) in [6.07, 6.45) is 6.71. The number of nitrogens with zero attached hydrogens (tertiary/aromatic N) is 2. The van der Waals surface area contributed by atoms with E-state index >= 15 is 0 Å². The Morgan fingerprint density at radius 1 is 1.10 bits per heavy atom. The number of hydrogen-bond donors (Lipinski definition) is 1. The van der Waals surface area contributed by atoms with Gasteiger partial charge in [-0.1, -0.05) is 19.3 Å². The highest BCUT2D eigenvalue weighted by molar-refractivity contribution is 7.89. The van der Waals surface area contributed by atoms with Crippen molar-refractivity contribution >= 4 is 21.8 Å². The second kappa shape index (κ2) is 10.5. The molecule has 0 aromatic heterocycles. The van der Waals surface area contributed by atoms with Gasteiger partial charge in [0.05, 0.1) is 24.5 Å². The quantitative estimate of drug-likeness (QED) is 0.684. The zero-order valence-corrected chi connectivity index (χ0v) is 19.2. The molecule has 8 nitrogen and oxygen atoms in total. The number of methoxy groups -OCH3 is 1. The molecule has 0 spiro atoms. The molecule has 2 fully saturated rings. The SMILES string of the molecule is COc1ccc(S(=O)(=O)N2CCCC(C(=O)NCC(=O)N(C)C3CCCCC3)C2)cc1. The fourth-order valence-electron chi connectivity index (χ4n) is 4.38. The van der Waals surface area contributed by atoms with Gasteiger partial charge in [0, 0.05) is 26.2 Å². The molecular formula is C22H33N3O5S. The van der Waals surface area contributed by atoms with Gasteiger partial charge in [-0.25, -0.2) is 8.42 Å². The van der Waals surface area contributed by atoms with E-state index in [0.717, 1.165) is 25.7 Å². The van der Waals surface area contributed by atoms with Crippen molar-refractivity contribution in [1.82, 2.24) is 14.5 Å². The number of likely N-dealkylation sites (N-methyl/N-ethyl adjacent to an activating group) is 1. The number of benzene rings is 1. The lowest BCUT2D eigenvalue weighted by Gasteiger charge is -2.32. The number of carbonyl (C=O) groups excluding carboxylic acids is 2. The van der Waals surface area contributed by atoms with E-state index in [-0.39, 0.29) is 35.8 Å². The maximum absolute atomic E-state index is 13.0. The van der Waals surface area contributed by atoms with Crippen LogP contribution in [0.2, 0.25) is 0 Å². The van der Waals surface area contributed by atoms with Crippen molar-refractivity contribution in [2.75, 3.05) is 33.8 Å². The fraction of sp³-hybridized carbons (Fsp3) is 0.636. The third kappa shape index (κ3) is 5.77. The summed E-state index contributed by atoms with van der Waals surface area (Å²) in [4.78, 5) is 27.1. The number of ether oxygens (including phenoxy) is 1. The Balaban J connectivity index is 1.55. The Morgan fingerprint density at radius 2 is 1.77 bits per heavy atom. The normalized spacial score (nSPS) is 20.8. The fourth-order valence-corrected chi connectivity index (χ4v) is 5.90. The maximum Gasteiger partial charge on any atom is 0.243 e. The van der Waals surface area contributed by atoms with Crippen molar-refractivity contribution in [3.05, 3.63) is 24.3 Å². The van der Waals surface area contributed by atoms with E-state index in [1.54, 1.807) is 24.1 Å². The highest BCUT2D eigenvalue weighted by Gasteiger charge is 2.33. The van der Waals surface area contributed by atoms with E-state index in [0.29, 0.717) is 25.1 Å². The number of amides is 2. The number of sulfonamides is 1. The van der Waals surface area contributed by atoms with E-state index in [9.17, 15) is 18.0 Å². The first-order valence-electron chi connectivity index (χ1n) is 11.0. The first kappa shape index (κ1) is 23.5. The minimum atomic E-state index is -3.69. The zero-order valence-electron chi connectivity index (χ0n) is 18.4. The minimum Gasteiger partial charge on any atom is -0.497 e. The number of piperidine rings is 1. The van der Waals surface area contributed by atoms with Gasteiger partial charge in [-0.05, 0) is 49.9 Å². The predicted molar refractivity (Wildman–Crippen MR) is 117 cm³/mol. The Bertz CT molecular complexity index is 866. The van der Waals surface area contributed by atoms with E-state index in [1.807, 2.05) is 0 Å². The molecular weight excluding hydrogens is 418 g/mol. The molecule has 1 aliphatic carbocycles. The van der Waals surface area contributed by atoms with Crippen LogP contribution in [-0.4, -0.2) is 69.3 Å². The van der Waals surface area contributed by atoms with Gasteiger partial charge in [0.15, 0.2) is 0 Å². The number of nitrogens with one attached hydrogen (secondary N) is 1. The number of hydrogen-bond acceptors (Lipinski definition) is 5. The summed E-state index contributed by atoms with van der Waals surface area (Å²) < 4.78 is 32.4. The van der Waals surface area contributed by atoms with Gasteiger partial charge in [0.1, 0.15) is 5.75 Å². The summed E-state index contributed by atoms with van der Waals surface area (Å²) in [5, 5.41) is 2.73. The van der Waals surface area contributed by atoms with Crippen LogP contribution in [0.3, 0.4) is 0 Å². The highest BCUT2D eigenvalue weighted by atomic mass is 32.2. The van der Waals surface area contributed by atoms with Gasteiger partial charge in [0.25, 0.3) is 0 Å². The molecule has 1 atom stereocenters. The minimum absolute atomic E-state index is 0.0481. The molecule has 1 heterocycles. The number of carbonyl (C=O) groups is 2. The first-order chi connectivity index (χ1) is 14.8. The summed E-state index contributed by atoms with van der Waals surface area (Å²) in [6, 6.07) is 6.48. The highest BCUT2D eigenvalue weighted by Crippen LogP contribution is 2.25. The Labute approximate surface area is 185 Å². The van der Waals surface area contributed by atoms with Crippen LogP contribution in [0.1, 0.15) is 44.9 Å². The molecule has 0 bridgehead atoms. The first-order valence-corrected chi connectivity index (χ1v) is 12.4. The molecule has 1 saturated heterocycles. The van der Waals surface area contributed by atoms with Crippen LogP contribution in [0.15, 0.2) is 29.2 Å². The van der Waals surface area contributed by atoms with Crippen molar-refractivity contribution in [3.63, 3.8) is 0 Å². The largest absolute Gasteiger partial charge is 0.497 e. The van der Waals surface area contributed by atoms with E-state index in [4.69, 9.17) is 4.74 Å². The third-order valence-corrected chi connectivity index (χ3v) is 8.26. The Morgan fingerprint density at radius 3 is 2.42 bits per heavy atom. The van der Waals surface area contributed by atoms with Gasteiger partial charge in [0.2, 0.25) is 21.8 Å². The summed E-state index contributed by atoms with van der Waals surface area (Å²) in [7, 11) is -0.367. The van der Waals surface area contributed by atoms with Gasteiger partial charge in [-0.3, -0.25) is 9.59 Å². The molecule has 1 saturated carbocycles. The molecule has 2 aliphatic rings. The van der Waals surface area contributed by atoms with Crippen LogP contribution in [0, 0.1) is 5.92 Å². The third-order valence-electron chi connectivity index (χ3n) is 6.38. The van der Waals surface area contributed by atoms with Gasteiger partial charge < -0.3 is 15.0 Å². The van der Waals surface area contributed by atoms with Crippen LogP contribution in [0.25, 0.3) is 0 Å². The average Bonchev–Trinajstić information content (AvgIpc) is 2.82. The summed E-state index contributed by atoms with van der Waals surface area (Å²) in [5.74, 6) is -0.244. The Hall–Kier alpha value is -2.13. The molecule has 1 aliphatic heterocycles. The van der Waals surface area contributed by atoms with Crippen LogP contribution in [-0.2, 0) is 19.6 Å². The molecule has 1 unspecified atom stereocenters. The van der Waals surface area contributed by atoms with Crippen molar-refractivity contribution < 1.29 is 22.7 Å². The lowest BCUT2D eigenvalue weighted by atomic mass is 9.94. The average molecular weight is 452 g/mol. The summed E-state index contributed by atoms with van der Waals surface area (Å²) in [6.45, 7) is 0.446. The van der Waals surface area contributed by atoms with E-state index in [2.05, 4.69) is 5.32 Å². The van der Waals surface area contributed by atoms with Crippen molar-refractivity contribution in [3.8, 4) is 5.75 Å². The second-order valence-electron chi connectivity index (χ2n) is 8.39. The Kier molecular flexibility index (Phi) is 7.94. The van der Waals surface area contributed by atoms with Crippen molar-refractivity contribution in [2.45, 2.75) is 55.9 Å². The van der Waals surface area contributed by atoms with Crippen LogP contribution >= 0.6 is 0 Å². The maximum atomic E-state index is 13.0. The van der Waals surface area contributed by atoms with Crippen molar-refractivity contribution in [1.29, 1.82) is 0 Å². The van der Waals surface area contributed by atoms with Gasteiger partial charge in [-0.15, -0.1) is 0 Å². The second-order valence-corrected chi connectivity index (χ2v) is 10.3. The smallest absolute Gasteiger partial charge is 0.243 e. The lowest BCUT2D eigenvalue weighted by Crippen LogP contribution is -2.48. The molecule has 1 N–H and O–H groups in total. The molecule has 2 amide bonds. The molecule has 0 radical (unpaired) electrons. The zero-order chi connectivity index (χ0) is 22.4. The predicted octanol–water partition coefficient (Wildman–Crippen LogP) is 2.00. The van der Waals surface area contributed by atoms with Crippen LogP contribution < -0.4 is 10.1 Å². The molecule has 9 heteroatoms. The summed E-state index contributed by atoms with van der Waals surface area (Å²) >= 11 is 0. The monoisotopic (exact) mass is 451 g/mol. The van der Waals surface area contributed by atoms with Crippen molar-refractivity contribution in [2.24, 2.45) is 5.92 Å². The summed E-state index contributed by atoms with van der Waals surface area (Å²) in [5.41, 5.74) is 0. The molecule has 1 aromatic carbocycles. The standard InChI is InChI=1S/C22H33N3O5S/c1-24(18-8-4-3-5-9-18)21(26)15-23-22(27)17-7-6-14-25(16-17)31(28,29)20-12-10-19(30-2)11-13-20/h10-13,17-18H,3-9,14-16H2,1-2H3,(H,23,27). The van der Waals surface area contributed by atoms with Crippen LogP contribution in [0.4, 0.5) is 0 Å². The van der Waals surface area contributed by atoms with Gasteiger partial charge in [-0.2, -0.15) is 4.31 Å². The van der Waals surface area contributed by atoms with Gasteiger partial charge >= 0.3 is 0 Å². The molecule has 172 valence electrons. The topological polar surface area (TPSA) is 96.0 Å². The lowest BCUT2D eigenvalue weighted by molar-refractivity contribution is -0.135.